The molecule has 0 spiro atoms. The van der Waals surface area contributed by atoms with Gasteiger partial charge in [-0.15, -0.1) is 0 Å². The topological polar surface area (TPSA) is 44.5 Å². The molecule has 2 rings (SSSR count). The van der Waals surface area contributed by atoms with Crippen LogP contribution in [-0.2, 0) is 0 Å². The lowest BCUT2D eigenvalue weighted by Crippen LogP contribution is -2.10. The summed E-state index contributed by atoms with van der Waals surface area (Å²) >= 11 is 8.44. The van der Waals surface area contributed by atoms with E-state index in [1.54, 1.807) is 7.11 Å². The van der Waals surface area contributed by atoms with Gasteiger partial charge in [-0.1, -0.05) is 24.4 Å². The van der Waals surface area contributed by atoms with E-state index in [1.807, 2.05) is 42.5 Å². The second-order valence-electron chi connectivity index (χ2n) is 3.76. The van der Waals surface area contributed by atoms with E-state index < -0.39 is 0 Å². The zero-order valence-corrected chi connectivity index (χ0v) is 12.6. The molecular weight excluding hydrogens is 326 g/mol. The van der Waals surface area contributed by atoms with Gasteiger partial charge in [0.05, 0.1) is 17.1 Å². The lowest BCUT2D eigenvalue weighted by atomic mass is 10.2. The minimum absolute atomic E-state index is 0.306. The molecule has 0 fully saturated rings. The zero-order chi connectivity index (χ0) is 13.8. The maximum atomic E-state index is 5.83. The van der Waals surface area contributed by atoms with Gasteiger partial charge in [-0.2, -0.15) is 0 Å². The Morgan fingerprint density at radius 3 is 2.53 bits per heavy atom. The van der Waals surface area contributed by atoms with Crippen molar-refractivity contribution < 1.29 is 9.47 Å². The molecule has 2 aromatic carbocycles. The van der Waals surface area contributed by atoms with Crippen LogP contribution >= 0.6 is 28.1 Å². The smallest absolute Gasteiger partial charge is 0.141 e. The van der Waals surface area contributed by atoms with Gasteiger partial charge in [-0.3, -0.25) is 0 Å². The summed E-state index contributed by atoms with van der Waals surface area (Å²) < 4.78 is 11.8. The van der Waals surface area contributed by atoms with Crippen LogP contribution in [0.15, 0.2) is 46.9 Å². The van der Waals surface area contributed by atoms with Crippen molar-refractivity contribution in [3.8, 4) is 17.2 Å². The van der Waals surface area contributed by atoms with Crippen LogP contribution < -0.4 is 15.2 Å². The molecule has 2 N–H and O–H groups in total. The highest BCUT2D eigenvalue weighted by molar-refractivity contribution is 9.10. The van der Waals surface area contributed by atoms with E-state index in [9.17, 15) is 0 Å². The van der Waals surface area contributed by atoms with Crippen LogP contribution in [0.1, 0.15) is 5.56 Å². The molecule has 19 heavy (non-hydrogen) atoms. The van der Waals surface area contributed by atoms with Crippen LogP contribution in [0.4, 0.5) is 0 Å². The Balaban J connectivity index is 2.34. The fraction of sp³-hybridized carbons (Fsp3) is 0.0714. The molecule has 0 aliphatic carbocycles. The number of thiocarbonyl (C=S) groups is 1. The van der Waals surface area contributed by atoms with Gasteiger partial charge >= 0.3 is 0 Å². The fourth-order valence-electron chi connectivity index (χ4n) is 1.57. The van der Waals surface area contributed by atoms with E-state index >= 15 is 0 Å². The highest BCUT2D eigenvalue weighted by Crippen LogP contribution is 2.33. The van der Waals surface area contributed by atoms with E-state index in [0.29, 0.717) is 22.1 Å². The van der Waals surface area contributed by atoms with Gasteiger partial charge in [0.2, 0.25) is 0 Å². The van der Waals surface area contributed by atoms with Gasteiger partial charge in [-0.05, 0) is 46.3 Å². The summed E-state index contributed by atoms with van der Waals surface area (Å²) in [4.78, 5) is 0.306. The lowest BCUT2D eigenvalue weighted by Gasteiger charge is -2.12. The molecule has 0 amide bonds. The molecule has 0 aliphatic rings. The summed E-state index contributed by atoms with van der Waals surface area (Å²) in [5, 5.41) is 0. The first-order chi connectivity index (χ1) is 9.11. The molecule has 0 unspecified atom stereocenters. The van der Waals surface area contributed by atoms with E-state index in [1.165, 1.54) is 0 Å². The Morgan fingerprint density at radius 1 is 1.16 bits per heavy atom. The predicted octanol–water partition coefficient (Wildman–Crippen LogP) is 3.88. The molecule has 0 aliphatic heterocycles. The van der Waals surface area contributed by atoms with Crippen molar-refractivity contribution in [2.75, 3.05) is 7.11 Å². The minimum Gasteiger partial charge on any atom is -0.497 e. The molecular formula is C14H12BrNO2S. The van der Waals surface area contributed by atoms with E-state index in [4.69, 9.17) is 27.4 Å². The number of methoxy groups -OCH3 is 1. The SMILES string of the molecule is COc1ccc(Oc2ccccc2C(N)=S)c(Br)c1. The Bertz CT molecular complexity index is 616. The number of rotatable bonds is 4. The first kappa shape index (κ1) is 13.8. The molecule has 3 nitrogen and oxygen atoms in total. The molecule has 0 saturated heterocycles. The van der Waals surface area contributed by atoms with Crippen molar-refractivity contribution in [3.05, 3.63) is 52.5 Å². The normalized spacial score (nSPS) is 10.0. The van der Waals surface area contributed by atoms with Crippen LogP contribution in [0.3, 0.4) is 0 Å². The predicted molar refractivity (Wildman–Crippen MR) is 83.1 cm³/mol. The summed E-state index contributed by atoms with van der Waals surface area (Å²) in [5.41, 5.74) is 6.38. The van der Waals surface area contributed by atoms with Crippen LogP contribution in [0.25, 0.3) is 0 Å². The van der Waals surface area contributed by atoms with Gasteiger partial charge in [-0.25, -0.2) is 0 Å². The van der Waals surface area contributed by atoms with Gasteiger partial charge < -0.3 is 15.2 Å². The van der Waals surface area contributed by atoms with Crippen LogP contribution in [0.5, 0.6) is 17.2 Å². The fourth-order valence-corrected chi connectivity index (χ4v) is 2.18. The first-order valence-corrected chi connectivity index (χ1v) is 6.72. The Hall–Kier alpha value is -1.59. The van der Waals surface area contributed by atoms with E-state index in [0.717, 1.165) is 10.2 Å². The van der Waals surface area contributed by atoms with Gasteiger partial charge in [0.1, 0.15) is 22.2 Å². The molecule has 0 bridgehead atoms. The summed E-state index contributed by atoms with van der Waals surface area (Å²) in [6.45, 7) is 0. The third-order valence-corrected chi connectivity index (χ3v) is 3.35. The first-order valence-electron chi connectivity index (χ1n) is 5.52. The minimum atomic E-state index is 0.306. The van der Waals surface area contributed by atoms with Crippen molar-refractivity contribution >= 4 is 33.1 Å². The van der Waals surface area contributed by atoms with E-state index in [-0.39, 0.29) is 0 Å². The molecule has 0 atom stereocenters. The Labute approximate surface area is 125 Å². The van der Waals surface area contributed by atoms with Crippen molar-refractivity contribution in [2.45, 2.75) is 0 Å². The highest BCUT2D eigenvalue weighted by atomic mass is 79.9. The van der Waals surface area contributed by atoms with E-state index in [2.05, 4.69) is 15.9 Å². The van der Waals surface area contributed by atoms with Crippen molar-refractivity contribution in [3.63, 3.8) is 0 Å². The molecule has 0 radical (unpaired) electrons. The molecule has 0 saturated carbocycles. The van der Waals surface area contributed by atoms with Crippen molar-refractivity contribution in [2.24, 2.45) is 5.73 Å². The maximum Gasteiger partial charge on any atom is 0.141 e. The highest BCUT2D eigenvalue weighted by Gasteiger charge is 2.09. The summed E-state index contributed by atoms with van der Waals surface area (Å²) in [6.07, 6.45) is 0. The average Bonchev–Trinajstić information content (AvgIpc) is 2.41. The van der Waals surface area contributed by atoms with Gasteiger partial charge in [0, 0.05) is 0 Å². The van der Waals surface area contributed by atoms with Crippen molar-refractivity contribution in [1.29, 1.82) is 0 Å². The second kappa shape index (κ2) is 6.04. The number of benzene rings is 2. The standard InChI is InChI=1S/C14H12BrNO2S/c1-17-9-6-7-13(11(15)8-9)18-12-5-3-2-4-10(12)14(16)19/h2-8H,1H3,(H2,16,19). The molecule has 5 heteroatoms. The number of para-hydroxylation sites is 1. The Morgan fingerprint density at radius 2 is 1.89 bits per heavy atom. The van der Waals surface area contributed by atoms with Crippen molar-refractivity contribution in [1.82, 2.24) is 0 Å². The molecule has 0 heterocycles. The monoisotopic (exact) mass is 337 g/mol. The Kier molecular flexibility index (Phi) is 4.39. The molecule has 2 aromatic rings. The molecule has 0 aromatic heterocycles. The summed E-state index contributed by atoms with van der Waals surface area (Å²) in [7, 11) is 1.62. The third kappa shape index (κ3) is 3.24. The quantitative estimate of drug-likeness (QED) is 0.859. The summed E-state index contributed by atoms with van der Waals surface area (Å²) in [5.74, 6) is 2.05. The number of nitrogens with two attached hydrogens (primary N) is 1. The molecule has 98 valence electrons. The number of hydrogen-bond acceptors (Lipinski definition) is 3. The third-order valence-electron chi connectivity index (χ3n) is 2.51. The second-order valence-corrected chi connectivity index (χ2v) is 5.05. The van der Waals surface area contributed by atoms with Crippen LogP contribution in [-0.4, -0.2) is 12.1 Å². The lowest BCUT2D eigenvalue weighted by molar-refractivity contribution is 0.412. The number of ether oxygens (including phenoxy) is 2. The van der Waals surface area contributed by atoms with Crippen LogP contribution in [0.2, 0.25) is 0 Å². The summed E-state index contributed by atoms with van der Waals surface area (Å²) in [6, 6.07) is 12.9. The van der Waals surface area contributed by atoms with Crippen LogP contribution in [0, 0.1) is 0 Å². The number of hydrogen-bond donors (Lipinski definition) is 1. The largest absolute Gasteiger partial charge is 0.497 e. The van der Waals surface area contributed by atoms with Gasteiger partial charge in [0.25, 0.3) is 0 Å². The number of halogens is 1. The zero-order valence-electron chi connectivity index (χ0n) is 10.2. The maximum absolute atomic E-state index is 5.83. The van der Waals surface area contributed by atoms with Gasteiger partial charge in [0.15, 0.2) is 0 Å². The average molecular weight is 338 g/mol.